The van der Waals surface area contributed by atoms with E-state index in [1.54, 1.807) is 17.0 Å². The smallest absolute Gasteiger partial charge is 0.260 e. The predicted octanol–water partition coefficient (Wildman–Crippen LogP) is 2.06. The van der Waals surface area contributed by atoms with Gasteiger partial charge in [-0.05, 0) is 38.1 Å². The summed E-state index contributed by atoms with van der Waals surface area (Å²) in [4.78, 5) is 13.5. The van der Waals surface area contributed by atoms with Crippen LogP contribution in [0.1, 0.15) is 13.8 Å². The van der Waals surface area contributed by atoms with Gasteiger partial charge in [0.15, 0.2) is 6.61 Å². The lowest BCUT2D eigenvalue weighted by atomic mass is 10.3. The number of rotatable bonds is 6. The van der Waals surface area contributed by atoms with Gasteiger partial charge in [0.1, 0.15) is 5.75 Å². The number of hydrogen-bond donors (Lipinski definition) is 1. The summed E-state index contributed by atoms with van der Waals surface area (Å²) in [5.74, 6) is 0.529. The van der Waals surface area contributed by atoms with Crippen LogP contribution in [0.2, 0.25) is 0 Å². The molecule has 0 saturated heterocycles. The fourth-order valence-corrected chi connectivity index (χ4v) is 1.80. The van der Waals surface area contributed by atoms with Crippen LogP contribution in [-0.4, -0.2) is 41.7 Å². The van der Waals surface area contributed by atoms with Crippen molar-refractivity contribution in [2.75, 3.05) is 19.8 Å². The summed E-state index contributed by atoms with van der Waals surface area (Å²) < 4.78 is 6.37. The van der Waals surface area contributed by atoms with Crippen molar-refractivity contribution in [1.82, 2.24) is 4.90 Å². The highest BCUT2D eigenvalue weighted by molar-refractivity contribution is 9.10. The monoisotopic (exact) mass is 315 g/mol. The molecule has 1 rings (SSSR count). The molecule has 0 aliphatic rings. The number of aliphatic hydroxyl groups is 1. The minimum Gasteiger partial charge on any atom is -0.484 e. The van der Waals surface area contributed by atoms with E-state index in [0.29, 0.717) is 12.3 Å². The highest BCUT2D eigenvalue weighted by Gasteiger charge is 2.16. The Hall–Kier alpha value is -1.07. The summed E-state index contributed by atoms with van der Waals surface area (Å²) in [5, 5.41) is 8.91. The lowest BCUT2D eigenvalue weighted by molar-refractivity contribution is -0.135. The Kier molecular flexibility index (Phi) is 6.15. The number of carbonyl (C=O) groups excluding carboxylic acids is 1. The molecule has 1 amide bonds. The molecule has 18 heavy (non-hydrogen) atoms. The van der Waals surface area contributed by atoms with E-state index >= 15 is 0 Å². The summed E-state index contributed by atoms with van der Waals surface area (Å²) in [6, 6.07) is 7.35. The number of benzene rings is 1. The molecule has 0 spiro atoms. The quantitative estimate of drug-likeness (QED) is 0.874. The van der Waals surface area contributed by atoms with Gasteiger partial charge in [-0.3, -0.25) is 4.79 Å². The Balaban J connectivity index is 2.51. The Morgan fingerprint density at radius 1 is 1.39 bits per heavy atom. The molecule has 1 aromatic carbocycles. The minimum atomic E-state index is -0.123. The van der Waals surface area contributed by atoms with Crippen LogP contribution < -0.4 is 4.74 Å². The van der Waals surface area contributed by atoms with Crippen LogP contribution in [0.3, 0.4) is 0 Å². The molecule has 0 atom stereocenters. The minimum absolute atomic E-state index is 0.0141. The molecule has 0 unspecified atom stereocenters. The van der Waals surface area contributed by atoms with Crippen molar-refractivity contribution in [3.05, 3.63) is 28.7 Å². The molecule has 100 valence electrons. The van der Waals surface area contributed by atoms with Crippen molar-refractivity contribution >= 4 is 21.8 Å². The van der Waals surface area contributed by atoms with Gasteiger partial charge in [0, 0.05) is 17.1 Å². The van der Waals surface area contributed by atoms with E-state index in [-0.39, 0.29) is 25.2 Å². The summed E-state index contributed by atoms with van der Waals surface area (Å²) >= 11 is 3.33. The van der Waals surface area contributed by atoms with E-state index in [1.165, 1.54) is 0 Å². The average Bonchev–Trinajstić information content (AvgIpc) is 2.34. The topological polar surface area (TPSA) is 49.8 Å². The number of ether oxygens (including phenoxy) is 1. The standard InChI is InChI=1S/C13H18BrNO3/c1-10(2)15(7-8-16)13(17)9-18-12-5-3-11(14)4-6-12/h3-6,10,16H,7-9H2,1-2H3. The first-order chi connectivity index (χ1) is 8.54. The molecule has 0 radical (unpaired) electrons. The van der Waals surface area contributed by atoms with Crippen LogP contribution in [-0.2, 0) is 4.79 Å². The summed E-state index contributed by atoms with van der Waals surface area (Å²) in [7, 11) is 0. The molecule has 0 aliphatic carbocycles. The molecule has 5 heteroatoms. The van der Waals surface area contributed by atoms with Crippen LogP contribution in [0.5, 0.6) is 5.75 Å². The molecule has 0 heterocycles. The van der Waals surface area contributed by atoms with Crippen LogP contribution >= 0.6 is 15.9 Å². The molecule has 4 nitrogen and oxygen atoms in total. The molecule has 0 fully saturated rings. The molecule has 1 N–H and O–H groups in total. The van der Waals surface area contributed by atoms with E-state index in [9.17, 15) is 4.79 Å². The number of aliphatic hydroxyl groups excluding tert-OH is 1. The number of halogens is 1. The molecule has 0 aromatic heterocycles. The first-order valence-corrected chi connectivity index (χ1v) is 6.62. The normalized spacial score (nSPS) is 10.5. The molecule has 0 aliphatic heterocycles. The first kappa shape index (κ1) is 15.0. The number of hydrogen-bond acceptors (Lipinski definition) is 3. The van der Waals surface area contributed by atoms with Crippen molar-refractivity contribution in [1.29, 1.82) is 0 Å². The van der Waals surface area contributed by atoms with Gasteiger partial charge < -0.3 is 14.7 Å². The lowest BCUT2D eigenvalue weighted by Gasteiger charge is -2.25. The number of carbonyl (C=O) groups is 1. The zero-order chi connectivity index (χ0) is 13.5. The van der Waals surface area contributed by atoms with Gasteiger partial charge in [0.2, 0.25) is 0 Å². The largest absolute Gasteiger partial charge is 0.484 e. The molecule has 0 saturated carbocycles. The second-order valence-electron chi connectivity index (χ2n) is 4.15. The van der Waals surface area contributed by atoms with Crippen molar-refractivity contribution in [2.24, 2.45) is 0 Å². The maximum atomic E-state index is 11.9. The third-order valence-corrected chi connectivity index (χ3v) is 2.99. The van der Waals surface area contributed by atoms with Gasteiger partial charge >= 0.3 is 0 Å². The van der Waals surface area contributed by atoms with Gasteiger partial charge in [-0.15, -0.1) is 0 Å². The van der Waals surface area contributed by atoms with Gasteiger partial charge in [0.25, 0.3) is 5.91 Å². The second kappa shape index (κ2) is 7.38. The first-order valence-electron chi connectivity index (χ1n) is 5.83. The Morgan fingerprint density at radius 3 is 2.50 bits per heavy atom. The fourth-order valence-electron chi connectivity index (χ4n) is 1.54. The van der Waals surface area contributed by atoms with E-state index in [2.05, 4.69) is 15.9 Å². The highest BCUT2D eigenvalue weighted by atomic mass is 79.9. The van der Waals surface area contributed by atoms with Crippen molar-refractivity contribution in [3.8, 4) is 5.75 Å². The SMILES string of the molecule is CC(C)N(CCO)C(=O)COc1ccc(Br)cc1. The second-order valence-corrected chi connectivity index (χ2v) is 5.06. The van der Waals surface area contributed by atoms with E-state index in [0.717, 1.165) is 4.47 Å². The summed E-state index contributed by atoms with van der Waals surface area (Å²) in [6.07, 6.45) is 0. The van der Waals surface area contributed by atoms with Crippen molar-refractivity contribution in [3.63, 3.8) is 0 Å². The Bertz CT molecular complexity index is 378. The zero-order valence-electron chi connectivity index (χ0n) is 10.6. The molecule has 0 bridgehead atoms. The van der Waals surface area contributed by atoms with Crippen LogP contribution in [0.4, 0.5) is 0 Å². The average molecular weight is 316 g/mol. The van der Waals surface area contributed by atoms with Crippen molar-refractivity contribution < 1.29 is 14.6 Å². The van der Waals surface area contributed by atoms with Crippen LogP contribution in [0.25, 0.3) is 0 Å². The third-order valence-electron chi connectivity index (χ3n) is 2.46. The van der Waals surface area contributed by atoms with Crippen LogP contribution in [0.15, 0.2) is 28.7 Å². The number of nitrogens with zero attached hydrogens (tertiary/aromatic N) is 1. The molecular formula is C13H18BrNO3. The lowest BCUT2D eigenvalue weighted by Crippen LogP contribution is -2.41. The predicted molar refractivity (Wildman–Crippen MR) is 73.6 cm³/mol. The highest BCUT2D eigenvalue weighted by Crippen LogP contribution is 2.16. The Morgan fingerprint density at radius 2 is 2.00 bits per heavy atom. The molecule has 1 aromatic rings. The van der Waals surface area contributed by atoms with E-state index in [4.69, 9.17) is 9.84 Å². The fraction of sp³-hybridized carbons (Fsp3) is 0.462. The van der Waals surface area contributed by atoms with Gasteiger partial charge in [0.05, 0.1) is 6.61 Å². The zero-order valence-corrected chi connectivity index (χ0v) is 12.2. The Labute approximate surface area is 116 Å². The maximum Gasteiger partial charge on any atom is 0.260 e. The third kappa shape index (κ3) is 4.66. The van der Waals surface area contributed by atoms with E-state index < -0.39 is 0 Å². The summed E-state index contributed by atoms with van der Waals surface area (Å²) in [5.41, 5.74) is 0. The van der Waals surface area contributed by atoms with Gasteiger partial charge in [-0.1, -0.05) is 15.9 Å². The van der Waals surface area contributed by atoms with Crippen LogP contribution in [0, 0.1) is 0 Å². The van der Waals surface area contributed by atoms with Gasteiger partial charge in [-0.25, -0.2) is 0 Å². The van der Waals surface area contributed by atoms with Crippen molar-refractivity contribution in [2.45, 2.75) is 19.9 Å². The van der Waals surface area contributed by atoms with E-state index in [1.807, 2.05) is 26.0 Å². The molecular weight excluding hydrogens is 298 g/mol. The number of amides is 1. The van der Waals surface area contributed by atoms with Gasteiger partial charge in [-0.2, -0.15) is 0 Å². The maximum absolute atomic E-state index is 11.9. The summed E-state index contributed by atoms with van der Waals surface area (Å²) in [6.45, 7) is 4.10.